The zero-order valence-electron chi connectivity index (χ0n) is 7.70. The molecule has 0 atom stereocenters. The number of carbonyl (C=O) groups is 1. The number of hydrogen-bond acceptors (Lipinski definition) is 3. The molecule has 0 aromatic heterocycles. The van der Waals surface area contributed by atoms with Crippen LogP contribution in [0.1, 0.15) is 22.8 Å². The molecule has 1 rings (SSSR count). The average Bonchev–Trinajstić information content (AvgIpc) is 2.08. The highest BCUT2D eigenvalue weighted by Crippen LogP contribution is 2.27. The highest BCUT2D eigenvalue weighted by Gasteiger charge is 2.16. The summed E-state index contributed by atoms with van der Waals surface area (Å²) in [6, 6.07) is 2.68. The number of carbonyl (C=O) groups excluding carboxylic acids is 1. The topological polar surface area (TPSA) is 60.2 Å². The molecular formula is C9H8ClNO3. The van der Waals surface area contributed by atoms with Crippen molar-refractivity contribution in [3.63, 3.8) is 0 Å². The minimum Gasteiger partial charge on any atom is -0.295 e. The summed E-state index contributed by atoms with van der Waals surface area (Å²) >= 11 is 5.75. The first kappa shape index (κ1) is 10.7. The molecule has 0 aliphatic heterocycles. The molecule has 0 N–H and O–H groups in total. The minimum atomic E-state index is -0.548. The first-order valence-corrected chi connectivity index (χ1v) is 4.26. The Hall–Kier alpha value is -1.42. The van der Waals surface area contributed by atoms with Gasteiger partial charge in [-0.2, -0.15) is 0 Å². The van der Waals surface area contributed by atoms with Gasteiger partial charge < -0.3 is 0 Å². The second kappa shape index (κ2) is 3.75. The van der Waals surface area contributed by atoms with Gasteiger partial charge >= 0.3 is 0 Å². The van der Waals surface area contributed by atoms with E-state index in [-0.39, 0.29) is 22.1 Å². The van der Waals surface area contributed by atoms with Gasteiger partial charge in [0.15, 0.2) is 5.78 Å². The summed E-state index contributed by atoms with van der Waals surface area (Å²) < 4.78 is 0. The summed E-state index contributed by atoms with van der Waals surface area (Å²) in [6.45, 7) is 2.88. The van der Waals surface area contributed by atoms with Gasteiger partial charge in [0.2, 0.25) is 0 Å². The van der Waals surface area contributed by atoms with Crippen LogP contribution >= 0.6 is 11.6 Å². The lowest BCUT2D eigenvalue weighted by atomic mass is 10.1. The second-order valence-corrected chi connectivity index (χ2v) is 3.32. The van der Waals surface area contributed by atoms with Gasteiger partial charge in [-0.1, -0.05) is 11.6 Å². The number of ketones is 1. The summed E-state index contributed by atoms with van der Waals surface area (Å²) in [5, 5.41) is 10.8. The number of halogens is 1. The maximum absolute atomic E-state index is 11.0. The Morgan fingerprint density at radius 2 is 2.07 bits per heavy atom. The molecule has 1 aromatic rings. The number of rotatable bonds is 2. The lowest BCUT2D eigenvalue weighted by molar-refractivity contribution is -0.385. The molecule has 0 radical (unpaired) electrons. The SMILES string of the molecule is CC(=O)c1cc(Cl)c(C)c([N+](=O)[O-])c1. The van der Waals surface area contributed by atoms with Crippen molar-refractivity contribution < 1.29 is 9.72 Å². The quantitative estimate of drug-likeness (QED) is 0.431. The van der Waals surface area contributed by atoms with E-state index >= 15 is 0 Å². The number of hydrogen-bond donors (Lipinski definition) is 0. The number of nitrogens with zero attached hydrogens (tertiary/aromatic N) is 1. The standard InChI is InChI=1S/C9H8ClNO3/c1-5-8(10)3-7(6(2)12)4-9(5)11(13)14/h3-4H,1-2H3. The molecule has 0 aliphatic rings. The molecule has 0 bridgehead atoms. The minimum absolute atomic E-state index is 0.122. The van der Waals surface area contributed by atoms with E-state index in [1.807, 2.05) is 0 Å². The normalized spacial score (nSPS) is 9.93. The van der Waals surface area contributed by atoms with E-state index in [9.17, 15) is 14.9 Å². The van der Waals surface area contributed by atoms with Crippen molar-refractivity contribution in [1.29, 1.82) is 0 Å². The molecule has 0 spiro atoms. The van der Waals surface area contributed by atoms with Crippen molar-refractivity contribution in [2.24, 2.45) is 0 Å². The van der Waals surface area contributed by atoms with Crippen molar-refractivity contribution in [3.05, 3.63) is 38.4 Å². The van der Waals surface area contributed by atoms with Crippen LogP contribution in [0.3, 0.4) is 0 Å². The zero-order chi connectivity index (χ0) is 10.9. The summed E-state index contributed by atoms with van der Waals surface area (Å²) in [7, 11) is 0. The maximum atomic E-state index is 11.0. The summed E-state index contributed by atoms with van der Waals surface area (Å²) in [5.41, 5.74) is 0.511. The Bertz CT molecular complexity index is 415. The molecular weight excluding hydrogens is 206 g/mol. The van der Waals surface area contributed by atoms with Gasteiger partial charge in [-0.15, -0.1) is 0 Å². The molecule has 14 heavy (non-hydrogen) atoms. The average molecular weight is 214 g/mol. The van der Waals surface area contributed by atoms with Crippen molar-refractivity contribution in [1.82, 2.24) is 0 Å². The van der Waals surface area contributed by atoms with Crippen LogP contribution in [-0.4, -0.2) is 10.7 Å². The Labute approximate surface area is 85.6 Å². The van der Waals surface area contributed by atoms with Gasteiger partial charge in [0.05, 0.1) is 9.95 Å². The molecule has 0 unspecified atom stereocenters. The van der Waals surface area contributed by atoms with Gasteiger partial charge in [0.25, 0.3) is 5.69 Å². The van der Waals surface area contributed by atoms with E-state index in [2.05, 4.69) is 0 Å². The number of benzene rings is 1. The van der Waals surface area contributed by atoms with Crippen molar-refractivity contribution >= 4 is 23.1 Å². The third-order valence-electron chi connectivity index (χ3n) is 1.92. The van der Waals surface area contributed by atoms with Gasteiger partial charge in [0.1, 0.15) is 0 Å². The fraction of sp³-hybridized carbons (Fsp3) is 0.222. The summed E-state index contributed by atoms with van der Waals surface area (Å²) in [6.07, 6.45) is 0. The molecule has 0 aliphatic carbocycles. The molecule has 4 nitrogen and oxygen atoms in total. The molecule has 0 fully saturated rings. The highest BCUT2D eigenvalue weighted by atomic mass is 35.5. The number of nitro groups is 1. The van der Waals surface area contributed by atoms with Crippen molar-refractivity contribution in [3.8, 4) is 0 Å². The van der Waals surface area contributed by atoms with Gasteiger partial charge in [-0.25, -0.2) is 0 Å². The third-order valence-corrected chi connectivity index (χ3v) is 2.31. The summed E-state index contributed by atoms with van der Waals surface area (Å²) in [4.78, 5) is 21.0. The van der Waals surface area contributed by atoms with Crippen LogP contribution in [0.5, 0.6) is 0 Å². The predicted molar refractivity (Wildman–Crippen MR) is 52.8 cm³/mol. The molecule has 74 valence electrons. The van der Waals surface area contributed by atoms with Crippen LogP contribution in [0.2, 0.25) is 5.02 Å². The van der Waals surface area contributed by atoms with Gasteiger partial charge in [-0.05, 0) is 19.9 Å². The third kappa shape index (κ3) is 1.90. The van der Waals surface area contributed by atoms with Gasteiger partial charge in [-0.3, -0.25) is 14.9 Å². The van der Waals surface area contributed by atoms with Crippen molar-refractivity contribution in [2.45, 2.75) is 13.8 Å². The molecule has 5 heteroatoms. The van der Waals surface area contributed by atoms with E-state index < -0.39 is 4.92 Å². The molecule has 0 saturated carbocycles. The highest BCUT2D eigenvalue weighted by molar-refractivity contribution is 6.32. The van der Waals surface area contributed by atoms with Crippen LogP contribution in [0.15, 0.2) is 12.1 Å². The van der Waals surface area contributed by atoms with Crippen LogP contribution in [0.25, 0.3) is 0 Å². The molecule has 0 saturated heterocycles. The Balaban J connectivity index is 3.43. The first-order valence-electron chi connectivity index (χ1n) is 3.89. The maximum Gasteiger partial charge on any atom is 0.274 e. The van der Waals surface area contributed by atoms with E-state index in [0.717, 1.165) is 0 Å². The second-order valence-electron chi connectivity index (χ2n) is 2.92. The Morgan fingerprint density at radius 3 is 2.50 bits per heavy atom. The van der Waals surface area contributed by atoms with E-state index in [4.69, 9.17) is 11.6 Å². The largest absolute Gasteiger partial charge is 0.295 e. The molecule has 0 heterocycles. The fourth-order valence-corrected chi connectivity index (χ4v) is 1.27. The lowest BCUT2D eigenvalue weighted by Gasteiger charge is -2.02. The summed E-state index contributed by atoms with van der Waals surface area (Å²) in [5.74, 6) is -0.241. The Kier molecular flexibility index (Phi) is 2.86. The van der Waals surface area contributed by atoms with Crippen LogP contribution in [-0.2, 0) is 0 Å². The van der Waals surface area contributed by atoms with Crippen molar-refractivity contribution in [2.75, 3.05) is 0 Å². The predicted octanol–water partition coefficient (Wildman–Crippen LogP) is 2.76. The van der Waals surface area contributed by atoms with Gasteiger partial charge in [0, 0.05) is 17.2 Å². The first-order chi connectivity index (χ1) is 6.43. The smallest absolute Gasteiger partial charge is 0.274 e. The van der Waals surface area contributed by atoms with Crippen LogP contribution in [0, 0.1) is 17.0 Å². The molecule has 0 amide bonds. The lowest BCUT2D eigenvalue weighted by Crippen LogP contribution is -1.98. The zero-order valence-corrected chi connectivity index (χ0v) is 8.46. The number of nitro benzene ring substituents is 1. The van der Waals surface area contributed by atoms with E-state index in [0.29, 0.717) is 5.56 Å². The fourth-order valence-electron chi connectivity index (χ4n) is 1.06. The molecule has 1 aromatic carbocycles. The Morgan fingerprint density at radius 1 is 1.50 bits per heavy atom. The van der Waals surface area contributed by atoms with Crippen LogP contribution < -0.4 is 0 Å². The van der Waals surface area contributed by atoms with E-state index in [1.165, 1.54) is 19.1 Å². The van der Waals surface area contributed by atoms with E-state index in [1.54, 1.807) is 6.92 Å². The monoisotopic (exact) mass is 213 g/mol. The van der Waals surface area contributed by atoms with Crippen LogP contribution in [0.4, 0.5) is 5.69 Å². The number of Topliss-reactive ketones (excluding diaryl/α,β-unsaturated/α-hetero) is 1.